The normalized spacial score (nSPS) is 15.6. The van der Waals surface area contributed by atoms with Crippen LogP contribution < -0.4 is 0 Å². The smallest absolute Gasteiger partial charge is 0.244 e. The van der Waals surface area contributed by atoms with Gasteiger partial charge in [0.05, 0.1) is 10.8 Å². The van der Waals surface area contributed by atoms with Crippen LogP contribution >= 0.6 is 23.4 Å². The third-order valence-electron chi connectivity index (χ3n) is 4.89. The van der Waals surface area contributed by atoms with E-state index in [2.05, 4.69) is 26.0 Å². The minimum absolute atomic E-state index is 0.0259. The van der Waals surface area contributed by atoms with Crippen LogP contribution in [0.5, 0.6) is 0 Å². The van der Waals surface area contributed by atoms with Gasteiger partial charge in [0.1, 0.15) is 4.90 Å². The summed E-state index contributed by atoms with van der Waals surface area (Å²) in [6.07, 6.45) is 0. The topological polar surface area (TPSA) is 57.7 Å². The molecular weight excluding hydrogens is 416 g/mol. The SMILES string of the molecule is Cc1ccc(SCC(=O)N2CCN(S(=O)(=O)c3ccccc3Cl)CC2)cc1C. The molecule has 0 saturated carbocycles. The molecule has 1 aliphatic heterocycles. The first-order valence-corrected chi connectivity index (χ1v) is 11.8. The number of amides is 1. The molecule has 1 fully saturated rings. The number of carbonyl (C=O) groups excluding carboxylic acids is 1. The Bertz CT molecular complexity index is 971. The molecule has 2 aromatic rings. The van der Waals surface area contributed by atoms with Crippen molar-refractivity contribution < 1.29 is 13.2 Å². The van der Waals surface area contributed by atoms with E-state index < -0.39 is 10.0 Å². The molecule has 1 saturated heterocycles. The predicted molar refractivity (Wildman–Crippen MR) is 113 cm³/mol. The second-order valence-corrected chi connectivity index (χ2v) is 10.1. The van der Waals surface area contributed by atoms with E-state index in [9.17, 15) is 13.2 Å². The van der Waals surface area contributed by atoms with Crippen LogP contribution in [0.15, 0.2) is 52.3 Å². The fourth-order valence-corrected chi connectivity index (χ4v) is 5.82. The molecule has 2 aromatic carbocycles. The van der Waals surface area contributed by atoms with Crippen LogP contribution in [-0.2, 0) is 14.8 Å². The monoisotopic (exact) mass is 438 g/mol. The van der Waals surface area contributed by atoms with Crippen molar-refractivity contribution in [3.05, 3.63) is 58.6 Å². The fraction of sp³-hybridized carbons (Fsp3) is 0.350. The molecule has 0 radical (unpaired) electrons. The van der Waals surface area contributed by atoms with Crippen molar-refractivity contribution in [2.75, 3.05) is 31.9 Å². The highest BCUT2D eigenvalue weighted by atomic mass is 35.5. The van der Waals surface area contributed by atoms with E-state index in [0.717, 1.165) is 4.90 Å². The Hall–Kier alpha value is -1.54. The molecule has 0 atom stereocenters. The van der Waals surface area contributed by atoms with Gasteiger partial charge in [-0.25, -0.2) is 8.42 Å². The third kappa shape index (κ3) is 4.71. The molecule has 28 heavy (non-hydrogen) atoms. The minimum atomic E-state index is -3.65. The summed E-state index contributed by atoms with van der Waals surface area (Å²) in [6.45, 7) is 5.43. The average Bonchev–Trinajstić information content (AvgIpc) is 2.69. The summed E-state index contributed by atoms with van der Waals surface area (Å²) in [7, 11) is -3.65. The molecule has 0 aromatic heterocycles. The van der Waals surface area contributed by atoms with Crippen molar-refractivity contribution in [3.63, 3.8) is 0 Å². The number of benzene rings is 2. The molecule has 0 aliphatic carbocycles. The van der Waals surface area contributed by atoms with Crippen LogP contribution in [0.3, 0.4) is 0 Å². The van der Waals surface area contributed by atoms with Crippen molar-refractivity contribution in [3.8, 4) is 0 Å². The summed E-state index contributed by atoms with van der Waals surface area (Å²) in [6, 6.07) is 12.6. The summed E-state index contributed by atoms with van der Waals surface area (Å²) in [5.41, 5.74) is 2.43. The first-order chi connectivity index (χ1) is 13.3. The van der Waals surface area contributed by atoms with Gasteiger partial charge in [0.25, 0.3) is 0 Å². The largest absolute Gasteiger partial charge is 0.339 e. The molecule has 0 N–H and O–H groups in total. The lowest BCUT2D eigenvalue weighted by Crippen LogP contribution is -2.51. The van der Waals surface area contributed by atoms with Gasteiger partial charge in [0.2, 0.25) is 15.9 Å². The number of thioether (sulfide) groups is 1. The molecule has 0 unspecified atom stereocenters. The first kappa shape index (κ1) is 21.2. The van der Waals surface area contributed by atoms with Gasteiger partial charge in [0.15, 0.2) is 0 Å². The zero-order valence-corrected chi connectivity index (χ0v) is 18.3. The number of aryl methyl sites for hydroxylation is 2. The van der Waals surface area contributed by atoms with Crippen LogP contribution in [0.25, 0.3) is 0 Å². The number of halogens is 1. The molecule has 0 bridgehead atoms. The van der Waals surface area contributed by atoms with Crippen molar-refractivity contribution in [2.24, 2.45) is 0 Å². The second-order valence-electron chi connectivity index (χ2n) is 6.75. The Balaban J connectivity index is 1.56. The first-order valence-electron chi connectivity index (χ1n) is 9.01. The van der Waals surface area contributed by atoms with Crippen LogP contribution in [0.1, 0.15) is 11.1 Å². The zero-order valence-electron chi connectivity index (χ0n) is 15.9. The number of sulfonamides is 1. The third-order valence-corrected chi connectivity index (χ3v) is 8.26. The Kier molecular flexibility index (Phi) is 6.70. The van der Waals surface area contributed by atoms with Gasteiger partial charge < -0.3 is 4.90 Å². The zero-order chi connectivity index (χ0) is 20.3. The van der Waals surface area contributed by atoms with Crippen molar-refractivity contribution in [1.29, 1.82) is 0 Å². The summed E-state index contributed by atoms with van der Waals surface area (Å²) in [5, 5.41) is 0.214. The maximum atomic E-state index is 12.8. The van der Waals surface area contributed by atoms with Crippen LogP contribution in [-0.4, -0.2) is 55.5 Å². The summed E-state index contributed by atoms with van der Waals surface area (Å²) in [4.78, 5) is 15.4. The molecule has 8 heteroatoms. The number of rotatable bonds is 5. The summed E-state index contributed by atoms with van der Waals surface area (Å²) < 4.78 is 27.0. The highest BCUT2D eigenvalue weighted by Gasteiger charge is 2.31. The lowest BCUT2D eigenvalue weighted by Gasteiger charge is -2.34. The van der Waals surface area contributed by atoms with E-state index in [1.165, 1.54) is 33.3 Å². The Morgan fingerprint density at radius 3 is 2.36 bits per heavy atom. The summed E-state index contributed by atoms with van der Waals surface area (Å²) in [5.74, 6) is 0.373. The van der Waals surface area contributed by atoms with Gasteiger partial charge in [-0.3, -0.25) is 4.79 Å². The number of hydrogen-bond donors (Lipinski definition) is 0. The Morgan fingerprint density at radius 2 is 1.71 bits per heavy atom. The number of hydrogen-bond acceptors (Lipinski definition) is 4. The van der Waals surface area contributed by atoms with E-state index in [0.29, 0.717) is 18.8 Å². The molecular formula is C20H23ClN2O3S2. The fourth-order valence-electron chi connectivity index (χ4n) is 3.01. The molecule has 1 heterocycles. The second kappa shape index (κ2) is 8.86. The predicted octanol–water partition coefficient (Wildman–Crippen LogP) is 3.58. The van der Waals surface area contributed by atoms with Gasteiger partial charge in [0, 0.05) is 31.1 Å². The van der Waals surface area contributed by atoms with E-state index in [1.54, 1.807) is 23.1 Å². The Morgan fingerprint density at radius 1 is 1.04 bits per heavy atom. The number of piperazine rings is 1. The number of carbonyl (C=O) groups is 1. The van der Waals surface area contributed by atoms with Crippen molar-refractivity contribution in [2.45, 2.75) is 23.6 Å². The highest BCUT2D eigenvalue weighted by molar-refractivity contribution is 8.00. The molecule has 1 aliphatic rings. The molecule has 0 spiro atoms. The highest BCUT2D eigenvalue weighted by Crippen LogP contribution is 2.26. The average molecular weight is 439 g/mol. The molecule has 3 rings (SSSR count). The molecule has 1 amide bonds. The van der Waals surface area contributed by atoms with Gasteiger partial charge in [-0.15, -0.1) is 11.8 Å². The van der Waals surface area contributed by atoms with Gasteiger partial charge in [-0.1, -0.05) is 29.8 Å². The van der Waals surface area contributed by atoms with Gasteiger partial charge in [-0.2, -0.15) is 4.31 Å². The van der Waals surface area contributed by atoms with Crippen LogP contribution in [0, 0.1) is 13.8 Å². The van der Waals surface area contributed by atoms with E-state index >= 15 is 0 Å². The maximum absolute atomic E-state index is 12.8. The van der Waals surface area contributed by atoms with E-state index in [1.807, 2.05) is 6.07 Å². The van der Waals surface area contributed by atoms with Gasteiger partial charge >= 0.3 is 0 Å². The van der Waals surface area contributed by atoms with Crippen molar-refractivity contribution in [1.82, 2.24) is 9.21 Å². The lowest BCUT2D eigenvalue weighted by molar-refractivity contribution is -0.129. The van der Waals surface area contributed by atoms with E-state index in [-0.39, 0.29) is 28.9 Å². The minimum Gasteiger partial charge on any atom is -0.339 e. The standard InChI is InChI=1S/C20H23ClN2O3S2/c1-15-7-8-17(13-16(15)2)27-14-20(24)22-9-11-23(12-10-22)28(25,26)19-6-4-3-5-18(19)21/h3-8,13H,9-12,14H2,1-2H3. The quantitative estimate of drug-likeness (QED) is 0.669. The van der Waals surface area contributed by atoms with Crippen LogP contribution in [0.2, 0.25) is 5.02 Å². The van der Waals surface area contributed by atoms with Crippen molar-refractivity contribution >= 4 is 39.3 Å². The lowest BCUT2D eigenvalue weighted by atomic mass is 10.1. The van der Waals surface area contributed by atoms with E-state index in [4.69, 9.17) is 11.6 Å². The summed E-state index contributed by atoms with van der Waals surface area (Å²) >= 11 is 7.56. The Labute approximate surface area is 175 Å². The van der Waals surface area contributed by atoms with Crippen LogP contribution in [0.4, 0.5) is 0 Å². The molecule has 150 valence electrons. The number of nitrogens with zero attached hydrogens (tertiary/aromatic N) is 2. The maximum Gasteiger partial charge on any atom is 0.244 e. The molecule has 5 nitrogen and oxygen atoms in total. The van der Waals surface area contributed by atoms with Gasteiger partial charge in [-0.05, 0) is 49.2 Å².